The first-order chi connectivity index (χ1) is 14.0. The molecule has 1 aliphatic rings. The molecule has 164 valence electrons. The van der Waals surface area contributed by atoms with Crippen LogP contribution in [0.1, 0.15) is 77.9 Å². The van der Waals surface area contributed by atoms with Crippen molar-refractivity contribution in [2.75, 3.05) is 7.11 Å². The van der Waals surface area contributed by atoms with E-state index in [2.05, 4.69) is 52.0 Å². The first kappa shape index (κ1) is 24.5. The third-order valence-electron chi connectivity index (χ3n) is 6.53. The summed E-state index contributed by atoms with van der Waals surface area (Å²) in [5.74, 6) is 0. The molecule has 1 heterocycles. The number of amides is 1. The molecule has 29 heavy (non-hydrogen) atoms. The normalized spacial score (nSPS) is 22.1. The molecule has 1 saturated heterocycles. The van der Waals surface area contributed by atoms with Gasteiger partial charge in [-0.3, -0.25) is 0 Å². The van der Waals surface area contributed by atoms with E-state index in [1.807, 2.05) is 11.0 Å². The number of hydrogen-bond acceptors (Lipinski definition) is 3. The Morgan fingerprint density at radius 3 is 1.97 bits per heavy atom. The summed E-state index contributed by atoms with van der Waals surface area (Å²) >= 11 is -2.83. The predicted molar refractivity (Wildman–Crippen MR) is 123 cm³/mol. The molecule has 2 rings (SSSR count). The number of carbonyl (C=O) groups excluding carboxylic acids is 1. The van der Waals surface area contributed by atoms with E-state index in [-0.39, 0.29) is 22.5 Å². The van der Waals surface area contributed by atoms with Gasteiger partial charge in [0.05, 0.1) is 0 Å². The summed E-state index contributed by atoms with van der Waals surface area (Å²) in [5, 5.41) is 0. The Hall–Kier alpha value is -0.751. The molecule has 5 heteroatoms. The second kappa shape index (κ2) is 12.2. The molecule has 4 nitrogen and oxygen atoms in total. The van der Waals surface area contributed by atoms with Crippen molar-refractivity contribution in [2.24, 2.45) is 0 Å². The monoisotopic (exact) mass is 511 g/mol. The molecule has 1 unspecified atom stereocenters. The number of carbonyl (C=O) groups is 1. The molecule has 3 atom stereocenters. The van der Waals surface area contributed by atoms with Crippen LogP contribution in [0.15, 0.2) is 30.3 Å². The van der Waals surface area contributed by atoms with Gasteiger partial charge in [-0.05, 0) is 0 Å². The standard InChI is InChI=1S/C12H14NO3.3C4H9.Sn/c1-9-11(10-6-4-3-5-7-10)16-8-13(9)12(14)15-2;3*1-3-4-2;/h3-9,11H,1-2H3;3*1,3-4H2,2H3;/t9-,11+;;;;/m1..../s1. The number of nitrogens with zero attached hydrogens (tertiary/aromatic N) is 1. The van der Waals surface area contributed by atoms with Crippen LogP contribution in [0.25, 0.3) is 0 Å². The van der Waals surface area contributed by atoms with Gasteiger partial charge in [-0.2, -0.15) is 0 Å². The summed E-state index contributed by atoms with van der Waals surface area (Å²) in [6.45, 7) is 8.96. The van der Waals surface area contributed by atoms with Crippen molar-refractivity contribution in [3.05, 3.63) is 35.9 Å². The maximum absolute atomic E-state index is 12.9. The van der Waals surface area contributed by atoms with Crippen LogP contribution in [-0.4, -0.2) is 46.8 Å². The Balaban J connectivity index is 2.46. The molecular formula is C24H41NO3Sn. The number of unbranched alkanes of at least 4 members (excludes halogenated alkanes) is 3. The second-order valence-corrected chi connectivity index (χ2v) is 22.1. The van der Waals surface area contributed by atoms with Gasteiger partial charge in [-0.25, -0.2) is 0 Å². The zero-order chi connectivity index (χ0) is 21.3. The molecule has 1 aromatic rings. The van der Waals surface area contributed by atoms with E-state index in [1.165, 1.54) is 58.9 Å². The van der Waals surface area contributed by atoms with E-state index < -0.39 is 18.4 Å². The van der Waals surface area contributed by atoms with Gasteiger partial charge in [0.2, 0.25) is 0 Å². The van der Waals surface area contributed by atoms with Crippen molar-refractivity contribution in [1.29, 1.82) is 0 Å². The predicted octanol–water partition coefficient (Wildman–Crippen LogP) is 6.93. The second-order valence-electron chi connectivity index (χ2n) is 8.61. The van der Waals surface area contributed by atoms with Gasteiger partial charge >= 0.3 is 183 Å². The Morgan fingerprint density at radius 2 is 1.52 bits per heavy atom. The van der Waals surface area contributed by atoms with Gasteiger partial charge in [0.15, 0.2) is 0 Å². The van der Waals surface area contributed by atoms with E-state index in [0.29, 0.717) is 0 Å². The Kier molecular flexibility index (Phi) is 10.3. The van der Waals surface area contributed by atoms with Crippen LogP contribution in [0.5, 0.6) is 0 Å². The average Bonchev–Trinajstić information content (AvgIpc) is 3.11. The van der Waals surface area contributed by atoms with E-state index in [0.717, 1.165) is 5.56 Å². The summed E-state index contributed by atoms with van der Waals surface area (Å²) < 4.78 is 16.0. The third-order valence-corrected chi connectivity index (χ3v) is 22.3. The minimum atomic E-state index is -2.83. The maximum atomic E-state index is 12.9. The quantitative estimate of drug-likeness (QED) is 0.303. The zero-order valence-corrected chi connectivity index (χ0v) is 22.0. The first-order valence-electron chi connectivity index (χ1n) is 11.6. The minimum absolute atomic E-state index is 0.00388. The zero-order valence-electron chi connectivity index (χ0n) is 19.2. The van der Waals surface area contributed by atoms with Crippen LogP contribution in [0.2, 0.25) is 13.3 Å². The Bertz CT molecular complexity index is 588. The van der Waals surface area contributed by atoms with E-state index in [4.69, 9.17) is 9.47 Å². The van der Waals surface area contributed by atoms with Gasteiger partial charge in [0, 0.05) is 0 Å². The van der Waals surface area contributed by atoms with Crippen molar-refractivity contribution in [2.45, 2.75) is 95.9 Å². The summed E-state index contributed by atoms with van der Waals surface area (Å²) in [5.41, 5.74) is 1.16. The van der Waals surface area contributed by atoms with Crippen molar-refractivity contribution in [1.82, 2.24) is 4.90 Å². The molecule has 0 aromatic heterocycles. The summed E-state index contributed by atoms with van der Waals surface area (Å²) in [4.78, 5) is 14.9. The van der Waals surface area contributed by atoms with Crippen molar-refractivity contribution < 1.29 is 14.3 Å². The third kappa shape index (κ3) is 5.90. The van der Waals surface area contributed by atoms with Crippen LogP contribution in [0.3, 0.4) is 0 Å². The molecule has 1 aromatic carbocycles. The molecule has 1 amide bonds. The fraction of sp³-hybridized carbons (Fsp3) is 0.708. The number of methoxy groups -OCH3 is 1. The Labute approximate surface area is 182 Å². The van der Waals surface area contributed by atoms with Crippen molar-refractivity contribution in [3.63, 3.8) is 0 Å². The first-order valence-corrected chi connectivity index (χ1v) is 19.3. The molecular weight excluding hydrogens is 469 g/mol. The SMILES string of the molecule is CCC[CH2][Sn]([CH2]CCC)([CH2]CCC)[CH]1O[C@H](c2ccccc2)[C@@H](C)N1C(=O)OC. The average molecular weight is 510 g/mol. The summed E-state index contributed by atoms with van der Waals surface area (Å²) in [6, 6.07) is 10.4. The van der Waals surface area contributed by atoms with Crippen LogP contribution in [0, 0.1) is 0 Å². The van der Waals surface area contributed by atoms with Gasteiger partial charge in [-0.1, -0.05) is 0 Å². The summed E-state index contributed by atoms with van der Waals surface area (Å²) in [7, 11) is 1.50. The molecule has 0 radical (unpaired) electrons. The topological polar surface area (TPSA) is 38.8 Å². The number of hydrogen-bond donors (Lipinski definition) is 0. The number of rotatable bonds is 11. The van der Waals surface area contributed by atoms with Crippen LogP contribution in [-0.2, 0) is 9.47 Å². The molecule has 0 saturated carbocycles. The fourth-order valence-electron chi connectivity index (χ4n) is 4.82. The fourth-order valence-corrected chi connectivity index (χ4v) is 22.0. The van der Waals surface area contributed by atoms with E-state index in [1.54, 1.807) is 0 Å². The molecule has 0 aliphatic carbocycles. The van der Waals surface area contributed by atoms with Crippen molar-refractivity contribution >= 4 is 24.5 Å². The van der Waals surface area contributed by atoms with Gasteiger partial charge in [-0.15, -0.1) is 0 Å². The van der Waals surface area contributed by atoms with Crippen LogP contribution in [0.4, 0.5) is 4.79 Å². The van der Waals surface area contributed by atoms with Gasteiger partial charge < -0.3 is 0 Å². The molecule has 1 aliphatic heterocycles. The van der Waals surface area contributed by atoms with Crippen LogP contribution >= 0.6 is 0 Å². The van der Waals surface area contributed by atoms with Gasteiger partial charge in [0.25, 0.3) is 0 Å². The molecule has 0 bridgehead atoms. The number of benzene rings is 1. The van der Waals surface area contributed by atoms with Crippen molar-refractivity contribution in [3.8, 4) is 0 Å². The van der Waals surface area contributed by atoms with Gasteiger partial charge in [0.1, 0.15) is 0 Å². The summed E-state index contributed by atoms with van der Waals surface area (Å²) in [6.07, 6.45) is 7.10. The van der Waals surface area contributed by atoms with E-state index >= 15 is 0 Å². The number of ether oxygens (including phenoxy) is 2. The Morgan fingerprint density at radius 1 is 1.00 bits per heavy atom. The molecule has 0 spiro atoms. The van der Waals surface area contributed by atoms with E-state index in [9.17, 15) is 4.79 Å². The van der Waals surface area contributed by atoms with Crippen LogP contribution < -0.4 is 0 Å². The molecule has 1 fully saturated rings. The molecule has 0 N–H and O–H groups in total.